The van der Waals surface area contributed by atoms with E-state index in [-0.39, 0.29) is 12.2 Å². The zero-order chi connectivity index (χ0) is 26.7. The van der Waals surface area contributed by atoms with Gasteiger partial charge in [0.1, 0.15) is 5.54 Å². The quantitative estimate of drug-likeness (QED) is 0.438. The molecule has 1 aromatic carbocycles. The van der Waals surface area contributed by atoms with Gasteiger partial charge in [0, 0.05) is 18.9 Å². The first-order valence-corrected chi connectivity index (χ1v) is 10.5. The molecule has 1 aliphatic rings. The van der Waals surface area contributed by atoms with Gasteiger partial charge in [0.05, 0.1) is 24.5 Å². The van der Waals surface area contributed by atoms with E-state index < -0.39 is 60.2 Å². The van der Waals surface area contributed by atoms with E-state index in [2.05, 4.69) is 20.4 Å². The molecule has 0 radical (unpaired) electrons. The summed E-state index contributed by atoms with van der Waals surface area (Å²) in [6.45, 7) is 2.05. The number of urea groups is 1. The van der Waals surface area contributed by atoms with E-state index in [0.29, 0.717) is 5.56 Å². The van der Waals surface area contributed by atoms with Crippen LogP contribution in [0.1, 0.15) is 19.4 Å². The van der Waals surface area contributed by atoms with Gasteiger partial charge in [0.15, 0.2) is 5.75 Å². The van der Waals surface area contributed by atoms with E-state index in [0.717, 1.165) is 23.1 Å². The fourth-order valence-corrected chi connectivity index (χ4v) is 3.45. The van der Waals surface area contributed by atoms with Gasteiger partial charge in [-0.2, -0.15) is 0 Å². The predicted octanol–water partition coefficient (Wildman–Crippen LogP) is 2.34. The Bertz CT molecular complexity index is 1170. The van der Waals surface area contributed by atoms with Gasteiger partial charge >= 0.3 is 18.4 Å². The lowest BCUT2D eigenvalue weighted by atomic mass is 10.0. The van der Waals surface area contributed by atoms with Crippen molar-refractivity contribution in [1.29, 1.82) is 0 Å². The Morgan fingerprint density at radius 2 is 1.78 bits per heavy atom. The number of carboxylic acid groups (broad SMARTS) is 1. The highest BCUT2D eigenvalue weighted by Gasteiger charge is 2.52. The number of carbonyl (C=O) groups is 4. The molecule has 0 spiro atoms. The number of halogens is 3. The van der Waals surface area contributed by atoms with Gasteiger partial charge in [0.25, 0.3) is 5.91 Å². The molecule has 0 saturated carbocycles. The van der Waals surface area contributed by atoms with Crippen LogP contribution in [0.25, 0.3) is 0 Å². The summed E-state index contributed by atoms with van der Waals surface area (Å²) in [5.41, 5.74) is -1.15. The fraction of sp³-hybridized carbons (Fsp3) is 0.318. The summed E-state index contributed by atoms with van der Waals surface area (Å²) >= 11 is 0. The van der Waals surface area contributed by atoms with E-state index >= 15 is 0 Å². The van der Waals surface area contributed by atoms with Crippen molar-refractivity contribution in [2.45, 2.75) is 32.3 Å². The molecule has 1 saturated heterocycles. The van der Waals surface area contributed by atoms with Crippen molar-refractivity contribution in [3.8, 4) is 5.75 Å². The lowest BCUT2D eigenvalue weighted by molar-refractivity contribution is -0.274. The van der Waals surface area contributed by atoms with Gasteiger partial charge < -0.3 is 20.1 Å². The number of pyridine rings is 1. The van der Waals surface area contributed by atoms with Gasteiger partial charge in [-0.15, -0.1) is 13.2 Å². The molecular formula is C22H22F3N5O6. The van der Waals surface area contributed by atoms with E-state index in [1.807, 2.05) is 0 Å². The van der Waals surface area contributed by atoms with E-state index in [4.69, 9.17) is 5.11 Å². The molecular weight excluding hydrogens is 487 g/mol. The van der Waals surface area contributed by atoms with Crippen LogP contribution < -0.4 is 20.3 Å². The Hall–Kier alpha value is -4.20. The Balaban J connectivity index is 1.91. The number of carbonyl (C=O) groups excluding carboxylic acids is 3. The van der Waals surface area contributed by atoms with Crippen molar-refractivity contribution in [3.63, 3.8) is 0 Å². The molecule has 0 bridgehead atoms. The van der Waals surface area contributed by atoms with Crippen LogP contribution in [-0.4, -0.2) is 63.8 Å². The molecule has 3 rings (SSSR count). The molecule has 2 aromatic rings. The molecule has 11 nitrogen and oxygen atoms in total. The van der Waals surface area contributed by atoms with Crippen LogP contribution in [0, 0.1) is 0 Å². The lowest BCUT2D eigenvalue weighted by Gasteiger charge is -2.27. The summed E-state index contributed by atoms with van der Waals surface area (Å²) in [5, 5.41) is 13.1. The van der Waals surface area contributed by atoms with Crippen LogP contribution in [0.3, 0.4) is 0 Å². The van der Waals surface area contributed by atoms with Gasteiger partial charge in [-0.1, -0.05) is 0 Å². The molecule has 3 N–H and O–H groups in total. The smallest absolute Gasteiger partial charge is 0.480 e. The maximum absolute atomic E-state index is 13.2. The lowest BCUT2D eigenvalue weighted by Crippen LogP contribution is -2.43. The molecule has 2 heterocycles. The summed E-state index contributed by atoms with van der Waals surface area (Å²) in [6, 6.07) is 5.57. The average molecular weight is 509 g/mol. The van der Waals surface area contributed by atoms with E-state index in [9.17, 15) is 32.3 Å². The predicted molar refractivity (Wildman–Crippen MR) is 119 cm³/mol. The number of anilines is 2. The minimum absolute atomic E-state index is 0.0741. The summed E-state index contributed by atoms with van der Waals surface area (Å²) in [7, 11) is 0. The second-order valence-corrected chi connectivity index (χ2v) is 8.20. The average Bonchev–Trinajstić information content (AvgIpc) is 2.94. The molecule has 1 fully saturated rings. The number of carboxylic acids is 1. The van der Waals surface area contributed by atoms with Crippen LogP contribution in [0.2, 0.25) is 0 Å². The number of hydrogen-bond acceptors (Lipinski definition) is 7. The maximum Gasteiger partial charge on any atom is 0.573 e. The van der Waals surface area contributed by atoms with Crippen molar-refractivity contribution in [2.75, 3.05) is 23.3 Å². The summed E-state index contributed by atoms with van der Waals surface area (Å²) in [5.74, 6) is -3.54. The van der Waals surface area contributed by atoms with E-state index in [1.54, 1.807) is 12.1 Å². The number of rotatable bonds is 9. The third-order valence-electron chi connectivity index (χ3n) is 5.20. The molecule has 192 valence electrons. The largest absolute Gasteiger partial charge is 0.573 e. The van der Waals surface area contributed by atoms with Crippen molar-refractivity contribution in [2.24, 2.45) is 0 Å². The van der Waals surface area contributed by atoms with Crippen LogP contribution >= 0.6 is 0 Å². The van der Waals surface area contributed by atoms with Gasteiger partial charge in [-0.05, 0) is 49.7 Å². The van der Waals surface area contributed by atoms with Crippen molar-refractivity contribution >= 4 is 35.2 Å². The fourth-order valence-electron chi connectivity index (χ4n) is 3.45. The Morgan fingerprint density at radius 3 is 2.39 bits per heavy atom. The zero-order valence-corrected chi connectivity index (χ0v) is 19.1. The molecule has 1 aliphatic heterocycles. The van der Waals surface area contributed by atoms with Crippen LogP contribution in [0.15, 0.2) is 42.7 Å². The normalized spacial score (nSPS) is 15.2. The minimum Gasteiger partial charge on any atom is -0.480 e. The zero-order valence-electron chi connectivity index (χ0n) is 19.1. The third-order valence-corrected chi connectivity index (χ3v) is 5.20. The number of aromatic nitrogens is 1. The second-order valence-electron chi connectivity index (χ2n) is 8.20. The highest BCUT2D eigenvalue weighted by Crippen LogP contribution is 2.38. The van der Waals surface area contributed by atoms with Crippen molar-refractivity contribution in [1.82, 2.24) is 15.2 Å². The summed E-state index contributed by atoms with van der Waals surface area (Å²) in [4.78, 5) is 55.2. The molecule has 0 unspecified atom stereocenters. The molecule has 36 heavy (non-hydrogen) atoms. The van der Waals surface area contributed by atoms with Gasteiger partial charge in [-0.25, -0.2) is 9.69 Å². The second kappa shape index (κ2) is 10.2. The maximum atomic E-state index is 13.2. The molecule has 0 aliphatic carbocycles. The molecule has 0 atom stereocenters. The van der Waals surface area contributed by atoms with Gasteiger partial charge in [-0.3, -0.25) is 24.7 Å². The van der Waals surface area contributed by atoms with E-state index in [1.165, 1.54) is 31.1 Å². The van der Waals surface area contributed by atoms with Crippen LogP contribution in [0.4, 0.5) is 29.3 Å². The number of benzene rings is 1. The first-order chi connectivity index (χ1) is 16.8. The molecule has 4 amide bonds. The Kier molecular flexibility index (Phi) is 7.48. The van der Waals surface area contributed by atoms with Crippen molar-refractivity contribution in [3.05, 3.63) is 48.3 Å². The highest BCUT2D eigenvalue weighted by atomic mass is 19.4. The van der Waals surface area contributed by atoms with Crippen LogP contribution in [-0.2, 0) is 20.9 Å². The number of aliphatic carboxylic acids is 1. The van der Waals surface area contributed by atoms with Gasteiger partial charge in [0.2, 0.25) is 5.91 Å². The molecule has 14 heteroatoms. The number of imide groups is 1. The minimum atomic E-state index is -5.09. The van der Waals surface area contributed by atoms with Crippen LogP contribution in [0.5, 0.6) is 5.75 Å². The summed E-state index contributed by atoms with van der Waals surface area (Å²) in [6.07, 6.45) is -2.03. The summed E-state index contributed by atoms with van der Waals surface area (Å²) < 4.78 is 42.6. The number of ether oxygens (including phenoxy) is 1. The highest BCUT2D eigenvalue weighted by molar-refractivity contribution is 6.23. The number of nitrogens with zero attached hydrogens (tertiary/aromatic N) is 3. The topological polar surface area (TPSA) is 141 Å². The Morgan fingerprint density at radius 1 is 1.11 bits per heavy atom. The Labute approximate surface area is 202 Å². The molecule has 1 aromatic heterocycles. The monoisotopic (exact) mass is 509 g/mol. The van der Waals surface area contributed by atoms with Crippen molar-refractivity contribution < 1.29 is 42.2 Å². The number of alkyl halides is 3. The third kappa shape index (κ3) is 6.07. The number of nitrogens with one attached hydrogen (secondary N) is 2. The first-order valence-electron chi connectivity index (χ1n) is 10.5. The number of amides is 4. The first kappa shape index (κ1) is 26.4. The standard InChI is InChI=1S/C22H22F3N5O6/c1-21(2)19(34)30(20(35)29(21)12-13-5-7-26-8-6-13)14-3-4-16(36-22(23,24)25)15(9-14)28-17(31)10-27-11-18(32)33/h3-9,27H,10-12H2,1-2H3,(H,28,31)(H,32,33). The number of hydrogen-bond donors (Lipinski definition) is 3. The SMILES string of the molecule is CC1(C)C(=O)N(c2ccc(OC(F)(F)F)c(NC(=O)CNCC(=O)O)c2)C(=O)N1Cc1ccncc1.